The Morgan fingerprint density at radius 3 is 2.90 bits per heavy atom. The molecule has 1 aromatic rings. The van der Waals surface area contributed by atoms with Crippen LogP contribution in [0.5, 0.6) is 0 Å². The molecule has 112 valence electrons. The quantitative estimate of drug-likeness (QED) is 0.895. The topological polar surface area (TPSA) is 24.5 Å². The molecule has 2 atom stereocenters. The van der Waals surface area contributed by atoms with Crippen molar-refractivity contribution in [1.29, 1.82) is 0 Å². The Morgan fingerprint density at radius 2 is 2.20 bits per heavy atom. The van der Waals surface area contributed by atoms with Gasteiger partial charge in [0.15, 0.2) is 0 Å². The molecule has 0 aliphatic carbocycles. The second-order valence-corrected chi connectivity index (χ2v) is 5.77. The summed E-state index contributed by atoms with van der Waals surface area (Å²) < 4.78 is 6.05. The van der Waals surface area contributed by atoms with Gasteiger partial charge in [-0.2, -0.15) is 0 Å². The van der Waals surface area contributed by atoms with E-state index in [1.807, 2.05) is 7.05 Å². The van der Waals surface area contributed by atoms with Crippen LogP contribution in [0.4, 0.5) is 0 Å². The van der Waals surface area contributed by atoms with E-state index in [-0.39, 0.29) is 12.1 Å². The second kappa shape index (κ2) is 7.21. The molecule has 1 saturated heterocycles. The summed E-state index contributed by atoms with van der Waals surface area (Å²) in [5.41, 5.74) is 4.10. The van der Waals surface area contributed by atoms with Gasteiger partial charge in [0, 0.05) is 13.1 Å². The number of nitrogens with zero attached hydrogens (tertiary/aromatic N) is 1. The van der Waals surface area contributed by atoms with Crippen LogP contribution in [0, 0.1) is 13.8 Å². The number of hydrogen-bond acceptors (Lipinski definition) is 3. The van der Waals surface area contributed by atoms with Gasteiger partial charge in [0.2, 0.25) is 0 Å². The normalized spacial score (nSPS) is 21.9. The minimum atomic E-state index is 0.237. The van der Waals surface area contributed by atoms with E-state index in [1.165, 1.54) is 29.7 Å². The molecule has 0 aromatic heterocycles. The van der Waals surface area contributed by atoms with E-state index < -0.39 is 0 Å². The van der Waals surface area contributed by atoms with Gasteiger partial charge in [0.1, 0.15) is 0 Å². The summed E-state index contributed by atoms with van der Waals surface area (Å²) in [5, 5.41) is 3.47. The average Bonchev–Trinajstić information content (AvgIpc) is 2.45. The highest BCUT2D eigenvalue weighted by Crippen LogP contribution is 2.26. The minimum absolute atomic E-state index is 0.237. The van der Waals surface area contributed by atoms with Crippen LogP contribution in [0.15, 0.2) is 18.2 Å². The molecular weight excluding hydrogens is 248 g/mol. The van der Waals surface area contributed by atoms with Crippen LogP contribution in [0.2, 0.25) is 0 Å². The lowest BCUT2D eigenvalue weighted by Crippen LogP contribution is -2.48. The van der Waals surface area contributed by atoms with Crippen LogP contribution >= 0.6 is 0 Å². The highest BCUT2D eigenvalue weighted by Gasteiger charge is 2.29. The second-order valence-electron chi connectivity index (χ2n) is 5.77. The van der Waals surface area contributed by atoms with Gasteiger partial charge in [-0.15, -0.1) is 0 Å². The molecular formula is C17H28N2O. The van der Waals surface area contributed by atoms with Crippen molar-refractivity contribution >= 4 is 0 Å². The van der Waals surface area contributed by atoms with Crippen molar-refractivity contribution in [3.63, 3.8) is 0 Å². The van der Waals surface area contributed by atoms with Crippen molar-refractivity contribution in [2.45, 2.75) is 39.3 Å². The first-order valence-corrected chi connectivity index (χ1v) is 7.74. The number of likely N-dealkylation sites (N-methyl/N-ethyl adjacent to an activating group) is 1. The summed E-state index contributed by atoms with van der Waals surface area (Å²) in [6.45, 7) is 10.7. The Bertz CT molecular complexity index is 431. The zero-order valence-corrected chi connectivity index (χ0v) is 13.3. The number of nitrogens with one attached hydrogen (secondary N) is 1. The van der Waals surface area contributed by atoms with Crippen LogP contribution in [-0.2, 0) is 4.74 Å². The zero-order chi connectivity index (χ0) is 14.5. The van der Waals surface area contributed by atoms with E-state index in [2.05, 4.69) is 49.2 Å². The van der Waals surface area contributed by atoms with E-state index in [9.17, 15) is 0 Å². The maximum Gasteiger partial charge on any atom is 0.0896 e. The fourth-order valence-corrected chi connectivity index (χ4v) is 3.10. The van der Waals surface area contributed by atoms with Crippen molar-refractivity contribution < 1.29 is 4.74 Å². The van der Waals surface area contributed by atoms with E-state index in [0.717, 1.165) is 19.7 Å². The molecule has 1 N–H and O–H groups in total. The van der Waals surface area contributed by atoms with Crippen LogP contribution < -0.4 is 5.32 Å². The Kier molecular flexibility index (Phi) is 5.58. The Labute approximate surface area is 123 Å². The summed E-state index contributed by atoms with van der Waals surface area (Å²) in [6, 6.07) is 6.83. The first-order valence-electron chi connectivity index (χ1n) is 7.74. The summed E-state index contributed by atoms with van der Waals surface area (Å²) in [4.78, 5) is 2.52. The summed E-state index contributed by atoms with van der Waals surface area (Å²) >= 11 is 0. The van der Waals surface area contributed by atoms with Crippen molar-refractivity contribution in [2.24, 2.45) is 0 Å². The lowest BCUT2D eigenvalue weighted by molar-refractivity contribution is -0.0460. The third kappa shape index (κ3) is 3.40. The van der Waals surface area contributed by atoms with Crippen molar-refractivity contribution in [3.05, 3.63) is 34.9 Å². The number of aryl methyl sites for hydroxylation is 1. The van der Waals surface area contributed by atoms with Gasteiger partial charge in [-0.1, -0.05) is 25.1 Å². The Balaban J connectivity index is 2.17. The Hall–Kier alpha value is -0.900. The minimum Gasteiger partial charge on any atom is -0.374 e. The van der Waals surface area contributed by atoms with Crippen LogP contribution in [-0.4, -0.2) is 44.3 Å². The van der Waals surface area contributed by atoms with E-state index in [4.69, 9.17) is 4.74 Å². The lowest BCUT2D eigenvalue weighted by atomic mass is 9.93. The van der Waals surface area contributed by atoms with E-state index >= 15 is 0 Å². The maximum absolute atomic E-state index is 6.05. The molecule has 0 bridgehead atoms. The van der Waals surface area contributed by atoms with Gasteiger partial charge in [0.25, 0.3) is 0 Å². The smallest absolute Gasteiger partial charge is 0.0896 e. The third-order valence-electron chi connectivity index (χ3n) is 4.38. The van der Waals surface area contributed by atoms with Crippen molar-refractivity contribution in [3.8, 4) is 0 Å². The molecule has 2 unspecified atom stereocenters. The fourth-order valence-electron chi connectivity index (χ4n) is 3.10. The summed E-state index contributed by atoms with van der Waals surface area (Å²) in [7, 11) is 2.04. The van der Waals surface area contributed by atoms with Crippen molar-refractivity contribution in [2.75, 3.05) is 33.3 Å². The molecule has 1 aliphatic heterocycles. The lowest BCUT2D eigenvalue weighted by Gasteiger charge is -2.37. The highest BCUT2D eigenvalue weighted by molar-refractivity contribution is 5.36. The average molecular weight is 276 g/mol. The largest absolute Gasteiger partial charge is 0.374 e. The number of rotatable bonds is 5. The van der Waals surface area contributed by atoms with Gasteiger partial charge in [0.05, 0.1) is 18.8 Å². The molecule has 0 radical (unpaired) electrons. The molecule has 1 heterocycles. The van der Waals surface area contributed by atoms with Gasteiger partial charge in [-0.05, 0) is 50.6 Å². The zero-order valence-electron chi connectivity index (χ0n) is 13.3. The monoisotopic (exact) mass is 276 g/mol. The number of morpholine rings is 1. The summed E-state index contributed by atoms with van der Waals surface area (Å²) in [5.74, 6) is 0. The van der Waals surface area contributed by atoms with Gasteiger partial charge in [-0.25, -0.2) is 0 Å². The predicted molar refractivity (Wildman–Crippen MR) is 84.2 cm³/mol. The van der Waals surface area contributed by atoms with Crippen molar-refractivity contribution in [1.82, 2.24) is 10.2 Å². The van der Waals surface area contributed by atoms with Gasteiger partial charge in [-0.3, -0.25) is 4.90 Å². The predicted octanol–water partition coefficient (Wildman–Crippen LogP) is 2.67. The van der Waals surface area contributed by atoms with E-state index in [0.29, 0.717) is 0 Å². The maximum atomic E-state index is 6.05. The first kappa shape index (κ1) is 15.5. The molecule has 0 amide bonds. The molecule has 1 fully saturated rings. The van der Waals surface area contributed by atoms with E-state index in [1.54, 1.807) is 0 Å². The fraction of sp³-hybridized carbons (Fsp3) is 0.647. The highest BCUT2D eigenvalue weighted by atomic mass is 16.5. The van der Waals surface area contributed by atoms with Gasteiger partial charge >= 0.3 is 0 Å². The third-order valence-corrected chi connectivity index (χ3v) is 4.38. The molecule has 1 aliphatic rings. The number of hydrogen-bond donors (Lipinski definition) is 1. The van der Waals surface area contributed by atoms with Crippen LogP contribution in [0.3, 0.4) is 0 Å². The van der Waals surface area contributed by atoms with Crippen LogP contribution in [0.1, 0.15) is 36.1 Å². The molecule has 0 saturated carbocycles. The summed E-state index contributed by atoms with van der Waals surface area (Å²) in [6.07, 6.45) is 1.45. The molecule has 0 spiro atoms. The Morgan fingerprint density at radius 1 is 1.40 bits per heavy atom. The molecule has 3 heteroatoms. The molecule has 3 nitrogen and oxygen atoms in total. The SMILES string of the molecule is CCCN1CCOC(C(NC)c2cccc(C)c2C)C1. The first-order chi connectivity index (χ1) is 9.67. The van der Waals surface area contributed by atoms with Gasteiger partial charge < -0.3 is 10.1 Å². The standard InChI is InChI=1S/C17H28N2O/c1-5-9-19-10-11-20-16(12-19)17(18-4)15-8-6-7-13(2)14(15)3/h6-8,16-18H,5,9-12H2,1-4H3. The number of ether oxygens (including phenoxy) is 1. The number of benzene rings is 1. The molecule has 20 heavy (non-hydrogen) atoms. The molecule has 2 rings (SSSR count). The molecule has 1 aromatic carbocycles. The van der Waals surface area contributed by atoms with Crippen LogP contribution in [0.25, 0.3) is 0 Å².